The molecule has 1 N–H and O–H groups in total. The van der Waals surface area contributed by atoms with E-state index in [-0.39, 0.29) is 9.92 Å². The van der Waals surface area contributed by atoms with Crippen LogP contribution in [0.5, 0.6) is 0 Å². The fourth-order valence-corrected chi connectivity index (χ4v) is 3.10. The lowest BCUT2D eigenvalue weighted by Crippen LogP contribution is -2.44. The molecule has 0 aliphatic heterocycles. The summed E-state index contributed by atoms with van der Waals surface area (Å²) in [4.78, 5) is -0.0170. The lowest BCUT2D eigenvalue weighted by Gasteiger charge is -2.21. The highest BCUT2D eigenvalue weighted by Crippen LogP contribution is 2.22. The summed E-state index contributed by atoms with van der Waals surface area (Å²) in [6, 6.07) is 8.06. The number of nitriles is 1. The molecule has 0 heterocycles. The Kier molecular flexibility index (Phi) is 4.15. The Morgan fingerprint density at radius 1 is 1.47 bits per heavy atom. The van der Waals surface area contributed by atoms with E-state index in [1.54, 1.807) is 19.1 Å². The minimum Gasteiger partial charge on any atom is -0.207 e. The number of halogens is 1. The topological polar surface area (TPSA) is 70.0 Å². The summed E-state index contributed by atoms with van der Waals surface area (Å²) in [7, 11) is -3.78. The molecule has 1 aromatic carbocycles. The normalized spacial score (nSPS) is 14.9. The average molecular weight is 273 g/mol. The number of rotatable bonds is 4. The minimum atomic E-state index is -3.78. The molecule has 0 aliphatic rings. The third-order valence-corrected chi connectivity index (χ3v) is 4.54. The van der Waals surface area contributed by atoms with E-state index in [0.717, 1.165) is 0 Å². The number of nitrogens with one attached hydrogen (secondary N) is 1. The summed E-state index contributed by atoms with van der Waals surface area (Å²) < 4.78 is 26.4. The highest BCUT2D eigenvalue weighted by molar-refractivity contribution is 7.89. The Balaban J connectivity index is 3.15. The summed E-state index contributed by atoms with van der Waals surface area (Å²) in [5.41, 5.74) is -1.13. The monoisotopic (exact) mass is 272 g/mol. The molecule has 0 saturated carbocycles. The van der Waals surface area contributed by atoms with E-state index in [2.05, 4.69) is 4.72 Å². The Hall–Kier alpha value is -1.09. The number of nitrogens with zero attached hydrogens (tertiary/aromatic N) is 1. The van der Waals surface area contributed by atoms with Gasteiger partial charge < -0.3 is 0 Å². The highest BCUT2D eigenvalue weighted by Gasteiger charge is 2.29. The van der Waals surface area contributed by atoms with E-state index < -0.39 is 15.6 Å². The van der Waals surface area contributed by atoms with Crippen molar-refractivity contribution in [1.29, 1.82) is 5.26 Å². The van der Waals surface area contributed by atoms with Crippen LogP contribution in [0.4, 0.5) is 0 Å². The van der Waals surface area contributed by atoms with Crippen molar-refractivity contribution in [2.45, 2.75) is 30.7 Å². The number of hydrogen-bond acceptors (Lipinski definition) is 3. The lowest BCUT2D eigenvalue weighted by atomic mass is 10.0. The average Bonchev–Trinajstić information content (AvgIpc) is 2.28. The fraction of sp³-hybridized carbons (Fsp3) is 0.364. The predicted molar refractivity (Wildman–Crippen MR) is 66.1 cm³/mol. The molecule has 0 bridgehead atoms. The van der Waals surface area contributed by atoms with Crippen molar-refractivity contribution in [3.8, 4) is 6.07 Å². The lowest BCUT2D eigenvalue weighted by molar-refractivity contribution is 0.495. The molecule has 92 valence electrons. The van der Waals surface area contributed by atoms with Gasteiger partial charge in [0.25, 0.3) is 0 Å². The van der Waals surface area contributed by atoms with Gasteiger partial charge in [-0.1, -0.05) is 30.7 Å². The van der Waals surface area contributed by atoms with Crippen LogP contribution in [-0.4, -0.2) is 14.0 Å². The zero-order chi connectivity index (χ0) is 13.1. The Bertz CT molecular complexity index is 551. The first-order chi connectivity index (χ1) is 7.84. The Morgan fingerprint density at radius 2 is 2.06 bits per heavy atom. The molecular weight excluding hydrogens is 260 g/mol. The Morgan fingerprint density at radius 3 is 2.53 bits per heavy atom. The standard InChI is InChI=1S/C11H13ClN2O2S/c1-3-11(2,8-13)14-17(15,16)10-7-5-4-6-9(10)12/h4-7,14H,3H2,1-2H3. The molecule has 0 amide bonds. The van der Waals surface area contributed by atoms with Crippen LogP contribution in [0, 0.1) is 11.3 Å². The molecule has 0 saturated heterocycles. The highest BCUT2D eigenvalue weighted by atomic mass is 35.5. The van der Waals surface area contributed by atoms with Gasteiger partial charge in [0.05, 0.1) is 11.1 Å². The second kappa shape index (κ2) is 5.05. The maximum Gasteiger partial charge on any atom is 0.243 e. The van der Waals surface area contributed by atoms with Crippen LogP contribution < -0.4 is 4.72 Å². The zero-order valence-corrected chi connectivity index (χ0v) is 11.1. The second-order valence-corrected chi connectivity index (χ2v) is 5.89. The minimum absolute atomic E-state index is 0.0170. The van der Waals surface area contributed by atoms with Crippen LogP contribution in [0.2, 0.25) is 5.02 Å². The van der Waals surface area contributed by atoms with Crippen LogP contribution in [0.25, 0.3) is 0 Å². The second-order valence-electron chi connectivity index (χ2n) is 3.83. The number of benzene rings is 1. The van der Waals surface area contributed by atoms with Gasteiger partial charge in [0.2, 0.25) is 10.0 Å². The quantitative estimate of drug-likeness (QED) is 0.914. The molecule has 17 heavy (non-hydrogen) atoms. The van der Waals surface area contributed by atoms with E-state index in [9.17, 15) is 8.42 Å². The maximum atomic E-state index is 12.0. The molecule has 0 spiro atoms. The third-order valence-electron chi connectivity index (χ3n) is 2.44. The van der Waals surface area contributed by atoms with E-state index in [1.807, 2.05) is 6.07 Å². The van der Waals surface area contributed by atoms with Gasteiger partial charge in [-0.2, -0.15) is 9.98 Å². The van der Waals surface area contributed by atoms with E-state index >= 15 is 0 Å². The molecule has 1 rings (SSSR count). The van der Waals surface area contributed by atoms with Gasteiger partial charge in [0.15, 0.2) is 0 Å². The molecule has 0 aromatic heterocycles. The molecule has 1 atom stereocenters. The molecule has 1 unspecified atom stereocenters. The summed E-state index contributed by atoms with van der Waals surface area (Å²) in [5.74, 6) is 0. The summed E-state index contributed by atoms with van der Waals surface area (Å²) in [5, 5.41) is 9.09. The molecule has 4 nitrogen and oxygen atoms in total. The first-order valence-electron chi connectivity index (χ1n) is 5.04. The molecular formula is C11H13ClN2O2S. The summed E-state index contributed by atoms with van der Waals surface area (Å²) in [6.45, 7) is 3.26. The zero-order valence-electron chi connectivity index (χ0n) is 9.57. The smallest absolute Gasteiger partial charge is 0.207 e. The molecule has 0 radical (unpaired) electrons. The van der Waals surface area contributed by atoms with E-state index in [0.29, 0.717) is 6.42 Å². The van der Waals surface area contributed by atoms with Crippen molar-refractivity contribution in [1.82, 2.24) is 4.72 Å². The SMILES string of the molecule is CCC(C)(C#N)NS(=O)(=O)c1ccccc1Cl. The molecule has 1 aromatic rings. The number of hydrogen-bond donors (Lipinski definition) is 1. The van der Waals surface area contributed by atoms with Crippen molar-refractivity contribution in [3.63, 3.8) is 0 Å². The molecule has 0 fully saturated rings. The van der Waals surface area contributed by atoms with Crippen LogP contribution in [0.3, 0.4) is 0 Å². The maximum absolute atomic E-state index is 12.0. The fourth-order valence-electron chi connectivity index (χ4n) is 1.19. The van der Waals surface area contributed by atoms with Gasteiger partial charge >= 0.3 is 0 Å². The van der Waals surface area contributed by atoms with Crippen LogP contribution >= 0.6 is 11.6 Å². The Labute approximate surface area is 106 Å². The number of sulfonamides is 1. The molecule has 6 heteroatoms. The van der Waals surface area contributed by atoms with Crippen LogP contribution in [0.1, 0.15) is 20.3 Å². The van der Waals surface area contributed by atoms with Gasteiger partial charge in [-0.15, -0.1) is 0 Å². The van der Waals surface area contributed by atoms with Crippen LogP contribution in [0.15, 0.2) is 29.2 Å². The van der Waals surface area contributed by atoms with Gasteiger partial charge in [0.1, 0.15) is 10.4 Å². The van der Waals surface area contributed by atoms with Crippen LogP contribution in [-0.2, 0) is 10.0 Å². The predicted octanol–water partition coefficient (Wildman–Crippen LogP) is 2.31. The molecule has 0 aliphatic carbocycles. The first kappa shape index (κ1) is 14.0. The van der Waals surface area contributed by atoms with Gasteiger partial charge in [0, 0.05) is 0 Å². The summed E-state index contributed by atoms with van der Waals surface area (Å²) >= 11 is 5.82. The van der Waals surface area contributed by atoms with Crippen molar-refractivity contribution in [3.05, 3.63) is 29.3 Å². The van der Waals surface area contributed by atoms with Crippen molar-refractivity contribution >= 4 is 21.6 Å². The van der Waals surface area contributed by atoms with E-state index in [1.165, 1.54) is 19.1 Å². The van der Waals surface area contributed by atoms with Gasteiger partial charge in [-0.25, -0.2) is 8.42 Å². The van der Waals surface area contributed by atoms with Crippen molar-refractivity contribution in [2.75, 3.05) is 0 Å². The third kappa shape index (κ3) is 3.19. The van der Waals surface area contributed by atoms with Gasteiger partial charge in [-0.05, 0) is 25.5 Å². The van der Waals surface area contributed by atoms with Gasteiger partial charge in [-0.3, -0.25) is 0 Å². The van der Waals surface area contributed by atoms with Crippen molar-refractivity contribution < 1.29 is 8.42 Å². The summed E-state index contributed by atoms with van der Waals surface area (Å²) in [6.07, 6.45) is 0.368. The van der Waals surface area contributed by atoms with Crippen molar-refractivity contribution in [2.24, 2.45) is 0 Å². The first-order valence-corrected chi connectivity index (χ1v) is 6.90. The van der Waals surface area contributed by atoms with E-state index in [4.69, 9.17) is 16.9 Å². The largest absolute Gasteiger partial charge is 0.243 e.